The van der Waals surface area contributed by atoms with Crippen LogP contribution >= 0.6 is 35.0 Å². The first kappa shape index (κ1) is 24.6. The third-order valence-corrected chi connectivity index (χ3v) is 6.22. The summed E-state index contributed by atoms with van der Waals surface area (Å²) >= 11 is 13.6. The molecule has 9 heteroatoms. The number of nitrogens with one attached hydrogen (secondary N) is 2. The van der Waals surface area contributed by atoms with E-state index in [1.807, 2.05) is 12.3 Å². The second-order valence-corrected chi connectivity index (χ2v) is 8.68. The summed E-state index contributed by atoms with van der Waals surface area (Å²) in [4.78, 5) is 37.7. The number of benzene rings is 3. The number of anilines is 1. The first-order chi connectivity index (χ1) is 15.8. The van der Waals surface area contributed by atoms with Crippen LogP contribution in [-0.2, 0) is 11.2 Å². The van der Waals surface area contributed by atoms with Gasteiger partial charge in [0.15, 0.2) is 0 Å². The number of hydrogen-bond acceptors (Lipinski definition) is 4. The fourth-order valence-corrected chi connectivity index (χ4v) is 4.30. The lowest BCUT2D eigenvalue weighted by atomic mass is 10.0. The summed E-state index contributed by atoms with van der Waals surface area (Å²) in [5, 5.41) is 15.4. The van der Waals surface area contributed by atoms with Crippen molar-refractivity contribution < 1.29 is 19.5 Å². The van der Waals surface area contributed by atoms with E-state index in [2.05, 4.69) is 10.6 Å². The van der Waals surface area contributed by atoms with Crippen molar-refractivity contribution in [2.24, 2.45) is 0 Å². The topological polar surface area (TPSA) is 95.5 Å². The van der Waals surface area contributed by atoms with Crippen LogP contribution in [0, 0.1) is 0 Å². The van der Waals surface area contributed by atoms with Crippen molar-refractivity contribution in [3.05, 3.63) is 93.5 Å². The van der Waals surface area contributed by atoms with Gasteiger partial charge in [-0.15, -0.1) is 11.8 Å². The van der Waals surface area contributed by atoms with Crippen molar-refractivity contribution in [2.45, 2.75) is 17.4 Å². The molecule has 0 bridgehead atoms. The molecule has 3 N–H and O–H groups in total. The fourth-order valence-electron chi connectivity index (χ4n) is 3.14. The number of carbonyl (C=O) groups excluding carboxylic acids is 2. The van der Waals surface area contributed by atoms with Gasteiger partial charge in [-0.25, -0.2) is 4.79 Å². The number of carbonyl (C=O) groups is 3. The molecule has 0 aliphatic rings. The van der Waals surface area contributed by atoms with Gasteiger partial charge in [-0.1, -0.05) is 53.5 Å². The van der Waals surface area contributed by atoms with Crippen LogP contribution in [0.25, 0.3) is 0 Å². The summed E-state index contributed by atoms with van der Waals surface area (Å²) in [5.74, 6) is -2.05. The molecule has 6 nitrogen and oxygen atoms in total. The molecule has 0 spiro atoms. The highest BCUT2D eigenvalue weighted by Crippen LogP contribution is 2.25. The monoisotopic (exact) mass is 502 g/mol. The quantitative estimate of drug-likeness (QED) is 0.358. The van der Waals surface area contributed by atoms with E-state index in [9.17, 15) is 19.5 Å². The highest BCUT2D eigenvalue weighted by atomic mass is 35.5. The summed E-state index contributed by atoms with van der Waals surface area (Å²) in [6, 6.07) is 17.3. The lowest BCUT2D eigenvalue weighted by molar-refractivity contribution is -0.139. The van der Waals surface area contributed by atoms with Crippen molar-refractivity contribution in [2.75, 3.05) is 11.6 Å². The fraction of sp³-hybridized carbons (Fsp3) is 0.125. The molecule has 170 valence electrons. The number of carboxylic acid groups (broad SMARTS) is 1. The maximum atomic E-state index is 12.6. The third-order valence-electron chi connectivity index (χ3n) is 4.80. The van der Waals surface area contributed by atoms with Crippen LogP contribution in [0.1, 0.15) is 26.3 Å². The van der Waals surface area contributed by atoms with Gasteiger partial charge in [-0.05, 0) is 48.2 Å². The van der Waals surface area contributed by atoms with E-state index in [-0.39, 0.29) is 22.0 Å². The maximum absolute atomic E-state index is 12.6. The van der Waals surface area contributed by atoms with Crippen LogP contribution in [0.3, 0.4) is 0 Å². The molecule has 2 amide bonds. The number of amides is 2. The van der Waals surface area contributed by atoms with E-state index in [4.69, 9.17) is 23.2 Å². The molecular formula is C24H20Cl2N2O4S. The minimum atomic E-state index is -1.14. The predicted molar refractivity (Wildman–Crippen MR) is 132 cm³/mol. The molecule has 3 rings (SSSR count). The van der Waals surface area contributed by atoms with Crippen LogP contribution in [0.4, 0.5) is 5.69 Å². The lowest BCUT2D eigenvalue weighted by Crippen LogP contribution is -2.42. The van der Waals surface area contributed by atoms with Crippen molar-refractivity contribution in [1.29, 1.82) is 0 Å². The Morgan fingerprint density at radius 2 is 1.55 bits per heavy atom. The van der Waals surface area contributed by atoms with Gasteiger partial charge in [0.05, 0.1) is 21.2 Å². The van der Waals surface area contributed by atoms with Crippen molar-refractivity contribution in [3.8, 4) is 0 Å². The summed E-state index contributed by atoms with van der Waals surface area (Å²) < 4.78 is 0. The molecule has 3 aromatic rings. The Morgan fingerprint density at radius 1 is 0.909 bits per heavy atom. The van der Waals surface area contributed by atoms with Gasteiger partial charge in [0, 0.05) is 17.0 Å². The van der Waals surface area contributed by atoms with E-state index >= 15 is 0 Å². The normalized spacial score (nSPS) is 11.5. The summed E-state index contributed by atoms with van der Waals surface area (Å²) in [5.41, 5.74) is 1.76. The Kier molecular flexibility index (Phi) is 8.38. The Bertz CT molecular complexity index is 1170. The molecule has 0 radical (unpaired) electrons. The van der Waals surface area contributed by atoms with E-state index in [0.717, 1.165) is 4.90 Å². The second-order valence-electron chi connectivity index (χ2n) is 7.02. The summed E-state index contributed by atoms with van der Waals surface area (Å²) in [6.07, 6.45) is 1.92. The molecule has 0 fully saturated rings. The Labute approximate surface area is 205 Å². The average Bonchev–Trinajstić information content (AvgIpc) is 2.79. The van der Waals surface area contributed by atoms with E-state index in [0.29, 0.717) is 16.8 Å². The van der Waals surface area contributed by atoms with Gasteiger partial charge in [0.25, 0.3) is 11.8 Å². The van der Waals surface area contributed by atoms with Crippen LogP contribution in [0.5, 0.6) is 0 Å². The largest absolute Gasteiger partial charge is 0.480 e. The average molecular weight is 503 g/mol. The molecule has 3 aromatic carbocycles. The van der Waals surface area contributed by atoms with E-state index in [1.165, 1.54) is 11.8 Å². The lowest BCUT2D eigenvalue weighted by Gasteiger charge is -2.16. The molecule has 0 unspecified atom stereocenters. The van der Waals surface area contributed by atoms with Crippen LogP contribution in [0.2, 0.25) is 10.0 Å². The number of thioether (sulfide) groups is 1. The first-order valence-corrected chi connectivity index (χ1v) is 11.8. The molecule has 0 aliphatic carbocycles. The molecule has 33 heavy (non-hydrogen) atoms. The van der Waals surface area contributed by atoms with Gasteiger partial charge in [-0.2, -0.15) is 0 Å². The molecule has 1 atom stereocenters. The smallest absolute Gasteiger partial charge is 0.326 e. The molecular weight excluding hydrogens is 483 g/mol. The van der Waals surface area contributed by atoms with Gasteiger partial charge in [-0.3, -0.25) is 9.59 Å². The molecule has 0 aliphatic heterocycles. The number of carboxylic acids is 1. The zero-order valence-corrected chi connectivity index (χ0v) is 19.8. The number of halogens is 2. The van der Waals surface area contributed by atoms with Crippen molar-refractivity contribution in [3.63, 3.8) is 0 Å². The predicted octanol–water partition coefficient (Wildman–Crippen LogP) is 5.39. The van der Waals surface area contributed by atoms with Gasteiger partial charge in [0.1, 0.15) is 6.04 Å². The van der Waals surface area contributed by atoms with E-state index < -0.39 is 23.8 Å². The van der Waals surface area contributed by atoms with Crippen molar-refractivity contribution in [1.82, 2.24) is 5.32 Å². The Morgan fingerprint density at radius 3 is 2.15 bits per heavy atom. The molecule has 0 heterocycles. The minimum absolute atomic E-state index is 0.0765. The second kappa shape index (κ2) is 11.2. The molecule has 0 saturated heterocycles. The SMILES string of the molecule is CSc1ccccc1C(=O)N[C@@H](Cc1ccc(NC(=O)c2c(Cl)cccc2Cl)cc1)C(=O)O. The molecule has 0 saturated carbocycles. The highest BCUT2D eigenvalue weighted by molar-refractivity contribution is 7.98. The van der Waals surface area contributed by atoms with E-state index in [1.54, 1.807) is 60.7 Å². The minimum Gasteiger partial charge on any atom is -0.480 e. The van der Waals surface area contributed by atoms with Gasteiger partial charge < -0.3 is 15.7 Å². The maximum Gasteiger partial charge on any atom is 0.326 e. The zero-order chi connectivity index (χ0) is 24.0. The van der Waals surface area contributed by atoms with Crippen LogP contribution < -0.4 is 10.6 Å². The Hall–Kier alpha value is -3.00. The van der Waals surface area contributed by atoms with Crippen LogP contribution in [0.15, 0.2) is 71.6 Å². The third kappa shape index (κ3) is 6.28. The van der Waals surface area contributed by atoms with Gasteiger partial charge in [0.2, 0.25) is 0 Å². The van der Waals surface area contributed by atoms with Crippen molar-refractivity contribution >= 4 is 58.4 Å². The number of aliphatic carboxylic acids is 1. The highest BCUT2D eigenvalue weighted by Gasteiger charge is 2.22. The standard InChI is InChI=1S/C24H20Cl2N2O4S/c1-33-20-8-3-2-5-16(20)22(29)28-19(24(31)32)13-14-9-11-15(12-10-14)27-23(30)21-17(25)6-4-7-18(21)26/h2-12,19H,13H2,1H3,(H,27,30)(H,28,29)(H,31,32)/t19-/m0/s1. The van der Waals surface area contributed by atoms with Crippen LogP contribution in [-0.4, -0.2) is 35.2 Å². The first-order valence-electron chi connectivity index (χ1n) is 9.81. The summed E-state index contributed by atoms with van der Waals surface area (Å²) in [7, 11) is 0. The van der Waals surface area contributed by atoms with Gasteiger partial charge >= 0.3 is 5.97 Å². The number of hydrogen-bond donors (Lipinski definition) is 3. The zero-order valence-electron chi connectivity index (χ0n) is 17.5. The summed E-state index contributed by atoms with van der Waals surface area (Å²) in [6.45, 7) is 0. The number of rotatable bonds is 8. The Balaban J connectivity index is 1.68. The molecule has 0 aromatic heterocycles.